The SMILES string of the molecule is CCOC(=O)C(=Cc1ccc(OCc2ccccc2)c2c1CCCC2)OCC. The molecule has 0 aromatic heterocycles. The highest BCUT2D eigenvalue weighted by molar-refractivity contribution is 5.91. The van der Waals surface area contributed by atoms with E-state index in [4.69, 9.17) is 14.2 Å². The molecule has 0 saturated heterocycles. The molecule has 3 rings (SSSR count). The van der Waals surface area contributed by atoms with E-state index in [0.717, 1.165) is 42.6 Å². The summed E-state index contributed by atoms with van der Waals surface area (Å²) < 4.78 is 16.8. The maximum Gasteiger partial charge on any atom is 0.373 e. The van der Waals surface area contributed by atoms with Crippen LogP contribution < -0.4 is 4.74 Å². The number of carbonyl (C=O) groups is 1. The van der Waals surface area contributed by atoms with Crippen LogP contribution in [0.1, 0.15) is 48.9 Å². The maximum absolute atomic E-state index is 12.2. The molecule has 2 aromatic carbocycles. The first-order valence-electron chi connectivity index (χ1n) is 10.1. The summed E-state index contributed by atoms with van der Waals surface area (Å²) in [6.45, 7) is 4.96. The molecule has 1 aliphatic carbocycles. The fourth-order valence-electron chi connectivity index (χ4n) is 3.53. The lowest BCUT2D eigenvalue weighted by Crippen LogP contribution is -2.12. The molecule has 0 heterocycles. The zero-order valence-corrected chi connectivity index (χ0v) is 16.7. The van der Waals surface area contributed by atoms with Crippen LogP contribution in [0.3, 0.4) is 0 Å². The van der Waals surface area contributed by atoms with Gasteiger partial charge in [-0.15, -0.1) is 0 Å². The van der Waals surface area contributed by atoms with E-state index in [9.17, 15) is 4.79 Å². The third-order valence-electron chi connectivity index (χ3n) is 4.83. The van der Waals surface area contributed by atoms with E-state index in [1.165, 1.54) is 11.1 Å². The summed E-state index contributed by atoms with van der Waals surface area (Å²) in [6.07, 6.45) is 6.07. The molecule has 0 radical (unpaired) electrons. The highest BCUT2D eigenvalue weighted by Gasteiger charge is 2.19. The Morgan fingerprint density at radius 1 is 0.929 bits per heavy atom. The number of hydrogen-bond acceptors (Lipinski definition) is 4. The van der Waals surface area contributed by atoms with Crippen molar-refractivity contribution in [2.45, 2.75) is 46.1 Å². The van der Waals surface area contributed by atoms with Gasteiger partial charge in [-0.05, 0) is 73.9 Å². The number of ether oxygens (including phenoxy) is 3. The number of fused-ring (bicyclic) bond motifs is 1. The van der Waals surface area contributed by atoms with Crippen LogP contribution in [0.15, 0.2) is 48.2 Å². The smallest absolute Gasteiger partial charge is 0.373 e. The quantitative estimate of drug-likeness (QED) is 0.364. The van der Waals surface area contributed by atoms with E-state index < -0.39 is 5.97 Å². The van der Waals surface area contributed by atoms with Gasteiger partial charge in [0, 0.05) is 0 Å². The van der Waals surface area contributed by atoms with E-state index in [0.29, 0.717) is 19.8 Å². The van der Waals surface area contributed by atoms with Crippen LogP contribution in [0.4, 0.5) is 0 Å². The molecule has 2 aromatic rings. The van der Waals surface area contributed by atoms with Crippen molar-refractivity contribution in [3.63, 3.8) is 0 Å². The minimum absolute atomic E-state index is 0.259. The Morgan fingerprint density at radius 3 is 2.36 bits per heavy atom. The second kappa shape index (κ2) is 9.98. The number of rotatable bonds is 8. The first-order chi connectivity index (χ1) is 13.7. The molecule has 0 bridgehead atoms. The van der Waals surface area contributed by atoms with Crippen molar-refractivity contribution in [3.8, 4) is 5.75 Å². The minimum Gasteiger partial charge on any atom is -0.489 e. The normalized spacial score (nSPS) is 13.6. The van der Waals surface area contributed by atoms with Crippen LogP contribution in [0, 0.1) is 0 Å². The first-order valence-corrected chi connectivity index (χ1v) is 10.1. The Labute approximate surface area is 167 Å². The van der Waals surface area contributed by atoms with Gasteiger partial charge in [-0.25, -0.2) is 4.79 Å². The van der Waals surface area contributed by atoms with Gasteiger partial charge >= 0.3 is 5.97 Å². The van der Waals surface area contributed by atoms with Crippen molar-refractivity contribution in [2.24, 2.45) is 0 Å². The Balaban J connectivity index is 1.88. The third-order valence-corrected chi connectivity index (χ3v) is 4.83. The first kappa shape index (κ1) is 20.0. The molecule has 4 nitrogen and oxygen atoms in total. The summed E-state index contributed by atoms with van der Waals surface area (Å²) in [5, 5.41) is 0. The monoisotopic (exact) mass is 380 g/mol. The Hall–Kier alpha value is -2.75. The Kier molecular flexibility index (Phi) is 7.12. The molecule has 0 spiro atoms. The Morgan fingerprint density at radius 2 is 1.64 bits per heavy atom. The summed E-state index contributed by atoms with van der Waals surface area (Å²) >= 11 is 0. The van der Waals surface area contributed by atoms with Crippen LogP contribution in [0.25, 0.3) is 6.08 Å². The predicted molar refractivity (Wildman–Crippen MR) is 110 cm³/mol. The predicted octanol–water partition coefficient (Wildman–Crippen LogP) is 5.08. The summed E-state index contributed by atoms with van der Waals surface area (Å²) in [6, 6.07) is 14.2. The molecule has 4 heteroatoms. The van der Waals surface area contributed by atoms with Crippen molar-refractivity contribution in [3.05, 3.63) is 70.5 Å². The highest BCUT2D eigenvalue weighted by atomic mass is 16.6. The van der Waals surface area contributed by atoms with Crippen LogP contribution in [-0.4, -0.2) is 19.2 Å². The lowest BCUT2D eigenvalue weighted by atomic mass is 9.87. The highest BCUT2D eigenvalue weighted by Crippen LogP contribution is 2.34. The summed E-state index contributed by atoms with van der Waals surface area (Å²) in [5.74, 6) is 0.776. The third kappa shape index (κ3) is 4.94. The van der Waals surface area contributed by atoms with Crippen molar-refractivity contribution >= 4 is 12.0 Å². The molecule has 1 aliphatic rings. The molecule has 0 unspecified atom stereocenters. The number of esters is 1. The summed E-state index contributed by atoms with van der Waals surface area (Å²) in [4.78, 5) is 12.2. The molecule has 0 amide bonds. The van der Waals surface area contributed by atoms with Crippen molar-refractivity contribution < 1.29 is 19.0 Å². The summed E-state index contributed by atoms with van der Waals surface area (Å²) in [5.41, 5.74) is 4.66. The second-order valence-corrected chi connectivity index (χ2v) is 6.75. The van der Waals surface area contributed by atoms with E-state index in [-0.39, 0.29) is 5.76 Å². The largest absolute Gasteiger partial charge is 0.489 e. The van der Waals surface area contributed by atoms with Gasteiger partial charge in [-0.3, -0.25) is 0 Å². The zero-order valence-electron chi connectivity index (χ0n) is 16.7. The second-order valence-electron chi connectivity index (χ2n) is 6.75. The van der Waals surface area contributed by atoms with Gasteiger partial charge in [0.1, 0.15) is 12.4 Å². The Bertz CT molecular complexity index is 824. The lowest BCUT2D eigenvalue weighted by molar-refractivity contribution is -0.142. The van der Waals surface area contributed by atoms with Crippen LogP contribution in [0.2, 0.25) is 0 Å². The standard InChI is InChI=1S/C24H28O4/c1-3-26-23(24(25)27-4-2)16-19-14-15-22(21-13-9-8-12-20(19)21)28-17-18-10-6-5-7-11-18/h5-7,10-11,14-16H,3-4,8-9,12-13,17H2,1-2H3. The topological polar surface area (TPSA) is 44.8 Å². The molecule has 0 fully saturated rings. The van der Waals surface area contributed by atoms with E-state index in [1.54, 1.807) is 6.92 Å². The van der Waals surface area contributed by atoms with Gasteiger partial charge in [0.25, 0.3) is 0 Å². The molecular weight excluding hydrogens is 352 g/mol. The fraction of sp³-hybridized carbons (Fsp3) is 0.375. The average Bonchev–Trinajstić information content (AvgIpc) is 2.73. The van der Waals surface area contributed by atoms with E-state index in [2.05, 4.69) is 12.1 Å². The van der Waals surface area contributed by atoms with Crippen molar-refractivity contribution in [1.82, 2.24) is 0 Å². The van der Waals surface area contributed by atoms with Gasteiger partial charge in [-0.2, -0.15) is 0 Å². The zero-order chi connectivity index (χ0) is 19.8. The van der Waals surface area contributed by atoms with Gasteiger partial charge in [0.2, 0.25) is 5.76 Å². The summed E-state index contributed by atoms with van der Waals surface area (Å²) in [7, 11) is 0. The van der Waals surface area contributed by atoms with E-state index in [1.807, 2.05) is 43.3 Å². The van der Waals surface area contributed by atoms with Gasteiger partial charge in [0.15, 0.2) is 0 Å². The maximum atomic E-state index is 12.2. The van der Waals surface area contributed by atoms with E-state index >= 15 is 0 Å². The number of hydrogen-bond donors (Lipinski definition) is 0. The number of benzene rings is 2. The van der Waals surface area contributed by atoms with Crippen molar-refractivity contribution in [1.29, 1.82) is 0 Å². The van der Waals surface area contributed by atoms with Crippen LogP contribution >= 0.6 is 0 Å². The molecule has 148 valence electrons. The molecule has 0 saturated carbocycles. The molecule has 0 aliphatic heterocycles. The van der Waals surface area contributed by atoms with Crippen LogP contribution in [-0.2, 0) is 33.7 Å². The molecule has 0 atom stereocenters. The fourth-order valence-corrected chi connectivity index (χ4v) is 3.53. The molecule has 0 N–H and O–H groups in total. The molecule has 28 heavy (non-hydrogen) atoms. The lowest BCUT2D eigenvalue weighted by Gasteiger charge is -2.22. The van der Waals surface area contributed by atoms with Crippen LogP contribution in [0.5, 0.6) is 5.75 Å². The minimum atomic E-state index is -0.418. The molecular formula is C24H28O4. The van der Waals surface area contributed by atoms with Crippen molar-refractivity contribution in [2.75, 3.05) is 13.2 Å². The van der Waals surface area contributed by atoms with Gasteiger partial charge in [0.05, 0.1) is 13.2 Å². The number of carbonyl (C=O) groups excluding carboxylic acids is 1. The van der Waals surface area contributed by atoms with Gasteiger partial charge in [-0.1, -0.05) is 36.4 Å². The van der Waals surface area contributed by atoms with Gasteiger partial charge < -0.3 is 14.2 Å². The average molecular weight is 380 g/mol.